The molecule has 6 heteroatoms. The Morgan fingerprint density at radius 1 is 1.31 bits per heavy atom. The molecular weight excluding hydrogens is 346 g/mol. The molecule has 0 fully saturated rings. The van der Waals surface area contributed by atoms with Crippen LogP contribution in [0.4, 0.5) is 5.13 Å². The Morgan fingerprint density at radius 3 is 2.88 bits per heavy atom. The van der Waals surface area contributed by atoms with E-state index in [0.717, 1.165) is 32.2 Å². The van der Waals surface area contributed by atoms with Crippen LogP contribution in [-0.2, 0) is 6.42 Å². The average molecular weight is 367 g/mol. The molecule has 0 radical (unpaired) electrons. The maximum atomic E-state index is 5.71. The highest BCUT2D eigenvalue weighted by atomic mass is 32.1. The molecule has 3 aromatic rings. The van der Waals surface area contributed by atoms with E-state index in [2.05, 4.69) is 22.1 Å². The van der Waals surface area contributed by atoms with Crippen LogP contribution in [-0.4, -0.2) is 24.9 Å². The fourth-order valence-corrected chi connectivity index (χ4v) is 3.46. The van der Waals surface area contributed by atoms with Crippen LogP contribution in [0.5, 0.6) is 11.5 Å². The first kappa shape index (κ1) is 17.9. The fraction of sp³-hybridized carbons (Fsp3) is 0.200. The SMILES string of the molecule is C=CCc1cc(C=NNc2nc3ccccc3s2)cc(OCC)c1OC. The van der Waals surface area contributed by atoms with Gasteiger partial charge in [0.2, 0.25) is 5.13 Å². The molecule has 134 valence electrons. The molecule has 0 bridgehead atoms. The summed E-state index contributed by atoms with van der Waals surface area (Å²) in [6, 6.07) is 11.9. The van der Waals surface area contributed by atoms with Gasteiger partial charge in [0, 0.05) is 5.56 Å². The third-order valence-corrected chi connectivity index (χ3v) is 4.63. The zero-order valence-electron chi connectivity index (χ0n) is 14.9. The van der Waals surface area contributed by atoms with E-state index in [9.17, 15) is 0 Å². The van der Waals surface area contributed by atoms with E-state index < -0.39 is 0 Å². The number of methoxy groups -OCH3 is 1. The normalized spacial score (nSPS) is 11.0. The van der Waals surface area contributed by atoms with Gasteiger partial charge in [-0.15, -0.1) is 6.58 Å². The summed E-state index contributed by atoms with van der Waals surface area (Å²) in [7, 11) is 1.65. The lowest BCUT2D eigenvalue weighted by Gasteiger charge is -2.14. The third-order valence-electron chi connectivity index (χ3n) is 3.69. The van der Waals surface area contributed by atoms with Crippen molar-refractivity contribution in [2.75, 3.05) is 19.1 Å². The number of nitrogens with zero attached hydrogens (tertiary/aromatic N) is 2. The second-order valence-corrected chi connectivity index (χ2v) is 6.52. The first-order valence-electron chi connectivity index (χ1n) is 8.34. The second kappa shape index (κ2) is 8.49. The number of allylic oxidation sites excluding steroid dienone is 1. The Kier molecular flexibility index (Phi) is 5.86. The van der Waals surface area contributed by atoms with Crippen LogP contribution in [0.3, 0.4) is 0 Å². The summed E-state index contributed by atoms with van der Waals surface area (Å²) < 4.78 is 12.3. The number of hydrogen-bond acceptors (Lipinski definition) is 6. The Labute approximate surface area is 157 Å². The molecule has 5 nitrogen and oxygen atoms in total. The summed E-state index contributed by atoms with van der Waals surface area (Å²) in [4.78, 5) is 4.50. The van der Waals surface area contributed by atoms with Crippen molar-refractivity contribution >= 4 is 32.9 Å². The van der Waals surface area contributed by atoms with Gasteiger partial charge in [-0.2, -0.15) is 5.10 Å². The van der Waals surface area contributed by atoms with Crippen molar-refractivity contribution in [3.8, 4) is 11.5 Å². The number of para-hydroxylation sites is 1. The van der Waals surface area contributed by atoms with Crippen molar-refractivity contribution < 1.29 is 9.47 Å². The van der Waals surface area contributed by atoms with Crippen molar-refractivity contribution in [2.45, 2.75) is 13.3 Å². The molecule has 0 amide bonds. The minimum atomic E-state index is 0.564. The Bertz CT molecular complexity index is 901. The van der Waals surface area contributed by atoms with Gasteiger partial charge < -0.3 is 9.47 Å². The van der Waals surface area contributed by atoms with Gasteiger partial charge in [-0.25, -0.2) is 4.98 Å². The molecule has 0 aliphatic carbocycles. The summed E-state index contributed by atoms with van der Waals surface area (Å²) in [5, 5.41) is 5.07. The Hall–Kier alpha value is -2.86. The van der Waals surface area contributed by atoms with Gasteiger partial charge in [0.25, 0.3) is 0 Å². The molecule has 3 rings (SSSR count). The van der Waals surface area contributed by atoms with Gasteiger partial charge in [-0.05, 0) is 43.2 Å². The number of ether oxygens (including phenoxy) is 2. The van der Waals surface area contributed by atoms with E-state index in [1.54, 1.807) is 24.7 Å². The van der Waals surface area contributed by atoms with Crippen LogP contribution in [0.1, 0.15) is 18.1 Å². The van der Waals surface area contributed by atoms with Crippen LogP contribution < -0.4 is 14.9 Å². The topological polar surface area (TPSA) is 55.7 Å². The molecule has 1 heterocycles. The number of nitrogens with one attached hydrogen (secondary N) is 1. The summed E-state index contributed by atoms with van der Waals surface area (Å²) in [6.07, 6.45) is 4.28. The van der Waals surface area contributed by atoms with Gasteiger partial charge in [-0.3, -0.25) is 5.43 Å². The van der Waals surface area contributed by atoms with Crippen LogP contribution in [0, 0.1) is 0 Å². The monoisotopic (exact) mass is 367 g/mol. The Morgan fingerprint density at radius 2 is 2.15 bits per heavy atom. The highest BCUT2D eigenvalue weighted by Crippen LogP contribution is 2.33. The van der Waals surface area contributed by atoms with Crippen molar-refractivity contribution in [3.05, 3.63) is 60.2 Å². The third kappa shape index (κ3) is 4.03. The minimum Gasteiger partial charge on any atom is -0.493 e. The highest BCUT2D eigenvalue weighted by Gasteiger charge is 2.11. The molecule has 1 N–H and O–H groups in total. The number of aromatic nitrogens is 1. The van der Waals surface area contributed by atoms with Crippen molar-refractivity contribution in [2.24, 2.45) is 5.10 Å². The van der Waals surface area contributed by atoms with Gasteiger partial charge in [0.05, 0.1) is 30.1 Å². The quantitative estimate of drug-likeness (QED) is 0.350. The smallest absolute Gasteiger partial charge is 0.204 e. The molecule has 0 spiro atoms. The zero-order valence-corrected chi connectivity index (χ0v) is 15.7. The Balaban J connectivity index is 1.83. The summed E-state index contributed by atoms with van der Waals surface area (Å²) >= 11 is 1.57. The molecule has 0 aliphatic heterocycles. The van der Waals surface area contributed by atoms with Crippen molar-refractivity contribution in [1.29, 1.82) is 0 Å². The lowest BCUT2D eigenvalue weighted by Crippen LogP contribution is -2.01. The van der Waals surface area contributed by atoms with Gasteiger partial charge in [-0.1, -0.05) is 29.5 Å². The van der Waals surface area contributed by atoms with E-state index in [0.29, 0.717) is 18.8 Å². The van der Waals surface area contributed by atoms with Gasteiger partial charge >= 0.3 is 0 Å². The number of benzene rings is 2. The molecule has 0 atom stereocenters. The van der Waals surface area contributed by atoms with Crippen LogP contribution in [0.15, 0.2) is 54.2 Å². The molecular formula is C20H21N3O2S. The molecule has 0 saturated heterocycles. The molecule has 0 aliphatic rings. The van der Waals surface area contributed by atoms with Gasteiger partial charge in [0.1, 0.15) is 0 Å². The number of anilines is 1. The molecule has 2 aromatic carbocycles. The average Bonchev–Trinajstić information content (AvgIpc) is 3.05. The van der Waals surface area contributed by atoms with Crippen LogP contribution >= 0.6 is 11.3 Å². The second-order valence-electron chi connectivity index (χ2n) is 5.49. The number of rotatable bonds is 8. The highest BCUT2D eigenvalue weighted by molar-refractivity contribution is 7.22. The molecule has 26 heavy (non-hydrogen) atoms. The van der Waals surface area contributed by atoms with E-state index in [1.807, 2.05) is 49.4 Å². The van der Waals surface area contributed by atoms with E-state index in [-0.39, 0.29) is 0 Å². The zero-order chi connectivity index (χ0) is 18.4. The van der Waals surface area contributed by atoms with Crippen LogP contribution in [0.2, 0.25) is 0 Å². The predicted octanol–water partition coefficient (Wildman–Crippen LogP) is 4.88. The first-order chi connectivity index (χ1) is 12.7. The van der Waals surface area contributed by atoms with Crippen LogP contribution in [0.25, 0.3) is 10.2 Å². The van der Waals surface area contributed by atoms with Crippen molar-refractivity contribution in [3.63, 3.8) is 0 Å². The minimum absolute atomic E-state index is 0.564. The van der Waals surface area contributed by atoms with Crippen molar-refractivity contribution in [1.82, 2.24) is 4.98 Å². The maximum absolute atomic E-state index is 5.71. The van der Waals surface area contributed by atoms with E-state index in [4.69, 9.17) is 9.47 Å². The number of thiazole rings is 1. The first-order valence-corrected chi connectivity index (χ1v) is 9.16. The molecule has 1 aromatic heterocycles. The molecule has 0 saturated carbocycles. The van der Waals surface area contributed by atoms with E-state index in [1.165, 1.54) is 0 Å². The largest absolute Gasteiger partial charge is 0.493 e. The number of fused-ring (bicyclic) bond motifs is 1. The maximum Gasteiger partial charge on any atom is 0.204 e. The predicted molar refractivity (Wildman–Crippen MR) is 109 cm³/mol. The number of hydrazone groups is 1. The lowest BCUT2D eigenvalue weighted by molar-refractivity contribution is 0.309. The summed E-state index contributed by atoms with van der Waals surface area (Å²) in [5.41, 5.74) is 5.89. The summed E-state index contributed by atoms with van der Waals surface area (Å²) in [6.45, 7) is 6.32. The molecule has 0 unspecified atom stereocenters. The number of hydrogen-bond donors (Lipinski definition) is 1. The lowest BCUT2D eigenvalue weighted by atomic mass is 10.1. The van der Waals surface area contributed by atoms with Gasteiger partial charge in [0.15, 0.2) is 11.5 Å². The van der Waals surface area contributed by atoms with E-state index >= 15 is 0 Å². The summed E-state index contributed by atoms with van der Waals surface area (Å²) in [5.74, 6) is 1.44. The standard InChI is InChI=1S/C20H21N3O2S/c1-4-8-15-11-14(12-17(25-5-2)19(15)24-3)13-21-23-20-22-16-9-6-7-10-18(16)26-20/h4,6-7,9-13H,1,5,8H2,2-3H3,(H,22,23). The fourth-order valence-electron chi connectivity index (χ4n) is 2.64.